The summed E-state index contributed by atoms with van der Waals surface area (Å²) >= 11 is -2.50. The van der Waals surface area contributed by atoms with E-state index in [2.05, 4.69) is 140 Å². The number of allylic oxidation sites excluding steroid dienone is 4. The molecule has 0 heterocycles. The Hall–Kier alpha value is -2.59. The van der Waals surface area contributed by atoms with Crippen molar-refractivity contribution in [2.24, 2.45) is 5.92 Å². The van der Waals surface area contributed by atoms with Crippen molar-refractivity contribution in [3.63, 3.8) is 0 Å². The molecule has 251 valence electrons. The molecule has 0 radical (unpaired) electrons. The van der Waals surface area contributed by atoms with Crippen molar-refractivity contribution >= 4 is 16.4 Å². The van der Waals surface area contributed by atoms with Crippen LogP contribution < -0.4 is 13.7 Å². The summed E-state index contributed by atoms with van der Waals surface area (Å²) < 4.78 is 6.53. The Kier molecular flexibility index (Phi) is 14.9. The summed E-state index contributed by atoms with van der Waals surface area (Å²) in [5.41, 5.74) is 7.40. The van der Waals surface area contributed by atoms with Gasteiger partial charge in [-0.05, 0) is 11.1 Å². The summed E-state index contributed by atoms with van der Waals surface area (Å²) in [4.78, 5) is 0. The molecule has 4 aromatic carbocycles. The third kappa shape index (κ3) is 10.2. The van der Waals surface area contributed by atoms with Crippen molar-refractivity contribution in [3.8, 4) is 11.1 Å². The smallest absolute Gasteiger partial charge is 0.0184 e. The van der Waals surface area contributed by atoms with E-state index in [-0.39, 0.29) is 0 Å². The van der Waals surface area contributed by atoms with Crippen LogP contribution in [0.15, 0.2) is 141 Å². The van der Waals surface area contributed by atoms with Crippen LogP contribution in [0.3, 0.4) is 0 Å². The van der Waals surface area contributed by atoms with E-state index in [0.717, 1.165) is 0 Å². The Bertz CT molecular complexity index is 1480. The Balaban J connectivity index is 0.000000313. The molecule has 1 nitrogen and oxygen atoms in total. The largest absolute Gasteiger partial charge is 0.0622 e. The third-order valence-electron chi connectivity index (χ3n) is 10.8. The minimum Gasteiger partial charge on any atom is -0.0622 e. The second-order valence-corrected chi connectivity index (χ2v) is 33.2. The quantitative estimate of drug-likeness (QED) is 0.183. The summed E-state index contributed by atoms with van der Waals surface area (Å²) in [6, 6.07) is 44.9. The van der Waals surface area contributed by atoms with Gasteiger partial charge in [0.2, 0.25) is 0 Å². The second-order valence-electron chi connectivity index (χ2n) is 14.1. The first-order valence-electron chi connectivity index (χ1n) is 18.8. The zero-order valence-electron chi connectivity index (χ0n) is 30.1. The molecule has 48 heavy (non-hydrogen) atoms. The number of hydrogen-bond donors (Lipinski definition) is 1. The molecule has 0 amide bonds. The van der Waals surface area contributed by atoms with Gasteiger partial charge in [0.05, 0.1) is 0 Å². The van der Waals surface area contributed by atoms with E-state index in [0.29, 0.717) is 12.0 Å². The van der Waals surface area contributed by atoms with Crippen molar-refractivity contribution in [1.29, 1.82) is 0 Å². The maximum Gasteiger partial charge on any atom is -0.0184 e. The molecule has 1 fully saturated rings. The first kappa shape index (κ1) is 36.7. The molecule has 1 N–H and O–H groups in total. The maximum atomic E-state index is 4.64. The van der Waals surface area contributed by atoms with Gasteiger partial charge in [0, 0.05) is 0 Å². The molecule has 1 saturated carbocycles. The van der Waals surface area contributed by atoms with Crippen LogP contribution in [0, 0.1) is 5.92 Å². The molecular formula is C45H58HfNSi. The monoisotopic (exact) mass is 820 g/mol. The van der Waals surface area contributed by atoms with Crippen molar-refractivity contribution in [1.82, 2.24) is 3.30 Å². The van der Waals surface area contributed by atoms with Gasteiger partial charge < -0.3 is 0 Å². The molecule has 0 aromatic heterocycles. The van der Waals surface area contributed by atoms with Crippen LogP contribution in [0.25, 0.3) is 11.1 Å². The van der Waals surface area contributed by atoms with Crippen LogP contribution in [-0.2, 0) is 20.9 Å². The molecule has 6 rings (SSSR count). The first-order valence-corrected chi connectivity index (χ1v) is 30.3. The second kappa shape index (κ2) is 19.6. The van der Waals surface area contributed by atoms with Crippen molar-refractivity contribution in [2.75, 3.05) is 0 Å². The predicted octanol–water partition coefficient (Wildman–Crippen LogP) is 10.9. The summed E-state index contributed by atoms with van der Waals surface area (Å²) in [6.45, 7) is 9.75. The third-order valence-corrected chi connectivity index (χ3v) is 38.4. The maximum absolute atomic E-state index is 4.64. The van der Waals surface area contributed by atoms with E-state index in [1.54, 1.807) is 27.1 Å². The zero-order valence-corrected chi connectivity index (χ0v) is 34.8. The van der Waals surface area contributed by atoms with Crippen LogP contribution in [0.5, 0.6) is 0 Å². The fraction of sp³-hybridized carbons (Fsp3) is 0.378. The number of nitrogens with one attached hydrogen (secondary N) is 1. The average molecular weight is 820 g/mol. The van der Waals surface area contributed by atoms with Gasteiger partial charge in [0.25, 0.3) is 0 Å². The van der Waals surface area contributed by atoms with Gasteiger partial charge in [0.1, 0.15) is 0 Å². The van der Waals surface area contributed by atoms with E-state index in [4.69, 9.17) is 0 Å². The molecule has 4 aromatic rings. The van der Waals surface area contributed by atoms with Gasteiger partial charge >= 0.3 is 232 Å². The van der Waals surface area contributed by atoms with Gasteiger partial charge in [-0.2, -0.15) is 0 Å². The zero-order chi connectivity index (χ0) is 33.6. The molecular weight excluding hydrogens is 761 g/mol. The van der Waals surface area contributed by atoms with Gasteiger partial charge in [-0.15, -0.1) is 0 Å². The van der Waals surface area contributed by atoms with Crippen LogP contribution in [0.2, 0.25) is 0 Å². The van der Waals surface area contributed by atoms with Crippen LogP contribution >= 0.6 is 0 Å². The van der Waals surface area contributed by atoms with E-state index in [1.165, 1.54) is 81.8 Å². The van der Waals surface area contributed by atoms with Gasteiger partial charge in [0.15, 0.2) is 0 Å². The minimum absolute atomic E-state index is 0.619. The van der Waals surface area contributed by atoms with Gasteiger partial charge in [-0.3, -0.25) is 0 Å². The van der Waals surface area contributed by atoms with Gasteiger partial charge in [-0.1, -0.05) is 60.7 Å². The molecule has 2 aliphatic carbocycles. The van der Waals surface area contributed by atoms with E-state index in [9.17, 15) is 0 Å². The molecule has 0 saturated heterocycles. The van der Waals surface area contributed by atoms with Crippen LogP contribution in [0.1, 0.15) is 98.3 Å². The molecule has 1 unspecified atom stereocenters. The topological polar surface area (TPSA) is 12.0 Å². The van der Waals surface area contributed by atoms with Crippen molar-refractivity contribution in [3.05, 3.63) is 141 Å². The van der Waals surface area contributed by atoms with Crippen molar-refractivity contribution < 1.29 is 20.9 Å². The van der Waals surface area contributed by atoms with E-state index >= 15 is 0 Å². The first-order chi connectivity index (χ1) is 23.5. The van der Waals surface area contributed by atoms with Crippen LogP contribution in [0.4, 0.5) is 0 Å². The normalized spacial score (nSPS) is 18.1. The molecule has 0 bridgehead atoms. The Morgan fingerprint density at radius 3 is 1.25 bits per heavy atom. The Labute approximate surface area is 301 Å². The van der Waals surface area contributed by atoms with E-state index < -0.39 is 26.9 Å². The fourth-order valence-electron chi connectivity index (χ4n) is 7.72. The molecule has 0 spiro atoms. The summed E-state index contributed by atoms with van der Waals surface area (Å²) in [6.07, 6.45) is 15.7. The number of hydrogen-bond acceptors (Lipinski definition) is 1. The van der Waals surface area contributed by atoms with Crippen LogP contribution in [-0.4, -0.2) is 12.0 Å². The Morgan fingerprint density at radius 1 is 0.500 bits per heavy atom. The summed E-state index contributed by atoms with van der Waals surface area (Å²) in [5.74, 6) is -0.747. The molecule has 1 atom stereocenters. The summed E-state index contributed by atoms with van der Waals surface area (Å²) in [5, 5.41) is 3.31. The standard InChI is InChI=1S/C12H24N.C12H11Si.C12H10.C9H13.Hf/c13-12-10-8-6-4-2-1-3-5-7-9-11-12;1-3-7-11(8-4-1)13-12-9-5-2-6-10-12;1-3-7-11(8-4-1)12-9-5-2-6-10-12;1-6-5-7(2)9(4)8(6)3;/h12-13H,1-11H2;1-10,13H;1-10H;6H,1-4H3;/q-1;;;;+1. The predicted molar refractivity (Wildman–Crippen MR) is 209 cm³/mol. The molecule has 3 heteroatoms. The molecule has 2 aliphatic rings. The molecule has 0 aliphatic heterocycles. The Morgan fingerprint density at radius 2 is 0.875 bits per heavy atom. The average Bonchev–Trinajstić information content (AvgIpc) is 3.32. The number of benzene rings is 4. The minimum atomic E-state index is -2.50. The number of rotatable bonds is 7. The van der Waals surface area contributed by atoms with Crippen molar-refractivity contribution in [2.45, 2.75) is 104 Å². The van der Waals surface area contributed by atoms with E-state index in [1.807, 2.05) is 15.5 Å². The van der Waals surface area contributed by atoms with Gasteiger partial charge in [-0.25, -0.2) is 0 Å². The summed E-state index contributed by atoms with van der Waals surface area (Å²) in [7, 11) is 0. The fourth-order valence-corrected chi connectivity index (χ4v) is 40.4. The SMILES string of the molecule is CC1=C(C)C(C)[C]([Hf]([NH]C2CCCCCCCCCCC2)[SiH](c2ccccc2)c2ccccc2)=C1C.c1ccc(-c2ccccc2)cc1.